The Morgan fingerprint density at radius 1 is 1.15 bits per heavy atom. The number of rotatable bonds is 6. The highest BCUT2D eigenvalue weighted by atomic mass is 35.5. The molecule has 0 aliphatic carbocycles. The molecule has 1 aliphatic heterocycles. The van der Waals surface area contributed by atoms with Crippen LogP contribution in [0.25, 0.3) is 5.69 Å². The number of thioether (sulfide) groups is 1. The molecule has 0 saturated heterocycles. The van der Waals surface area contributed by atoms with Gasteiger partial charge in [-0.05, 0) is 41.5 Å². The molecule has 2 amide bonds. The number of carbonyl (C=O) groups excluding carboxylic acids is 2. The highest BCUT2D eigenvalue weighted by molar-refractivity contribution is 8.00. The van der Waals surface area contributed by atoms with Gasteiger partial charge in [-0.3, -0.25) is 19.5 Å². The molecule has 0 radical (unpaired) electrons. The van der Waals surface area contributed by atoms with Crippen LogP contribution in [0.1, 0.15) is 48.4 Å². The number of fused-ring (bicyclic) bond motifs is 1. The molecule has 1 aliphatic rings. The van der Waals surface area contributed by atoms with Crippen LogP contribution < -0.4 is 10.2 Å². The van der Waals surface area contributed by atoms with E-state index in [0.29, 0.717) is 22.1 Å². The smallest absolute Gasteiger partial charge is 0.240 e. The summed E-state index contributed by atoms with van der Waals surface area (Å²) in [5.74, 6) is -0.397. The largest absolute Gasteiger partial charge is 0.350 e. The maximum absolute atomic E-state index is 14.4. The van der Waals surface area contributed by atoms with Crippen molar-refractivity contribution in [1.82, 2.24) is 20.1 Å². The summed E-state index contributed by atoms with van der Waals surface area (Å²) in [7, 11) is 0. The predicted octanol–water partition coefficient (Wildman–Crippen LogP) is 5.84. The lowest BCUT2D eigenvalue weighted by Crippen LogP contribution is -2.42. The van der Waals surface area contributed by atoms with E-state index in [1.807, 2.05) is 51.1 Å². The number of carbonyl (C=O) groups is 2. The van der Waals surface area contributed by atoms with Crippen LogP contribution in [0, 0.1) is 5.82 Å². The van der Waals surface area contributed by atoms with Gasteiger partial charge in [0.2, 0.25) is 11.8 Å². The van der Waals surface area contributed by atoms with Gasteiger partial charge in [0.15, 0.2) is 0 Å². The molecule has 0 unspecified atom stereocenters. The first-order valence-corrected chi connectivity index (χ1v) is 14.3. The van der Waals surface area contributed by atoms with E-state index in [1.54, 1.807) is 35.3 Å². The standard InChI is InChI=1S/C30H29ClFN5O2S/c1-30(2,3)28-26-27(20-9-6-10-21(32)14-20)40-18-25(39)36(17-24(38)34-16-19-8-7-13-33-15-19)29(26)37(35-28)23-12-5-4-11-22(23)31/h4-15,27H,16-18H2,1-3H3,(H,34,38)/t27-/m0/s1. The number of amides is 2. The van der Waals surface area contributed by atoms with Crippen LogP contribution in [0.2, 0.25) is 5.02 Å². The lowest BCUT2D eigenvalue weighted by molar-refractivity contribution is -0.123. The Labute approximate surface area is 241 Å². The summed E-state index contributed by atoms with van der Waals surface area (Å²) in [6.45, 7) is 6.17. The number of pyridine rings is 1. The van der Waals surface area contributed by atoms with Crippen LogP contribution in [0.5, 0.6) is 0 Å². The van der Waals surface area contributed by atoms with Gasteiger partial charge in [0.05, 0.1) is 27.4 Å². The fourth-order valence-corrected chi connectivity index (χ4v) is 6.10. The summed E-state index contributed by atoms with van der Waals surface area (Å²) < 4.78 is 16.1. The van der Waals surface area contributed by atoms with Gasteiger partial charge in [-0.15, -0.1) is 11.8 Å². The van der Waals surface area contributed by atoms with Crippen molar-refractivity contribution in [3.05, 3.63) is 106 Å². The Morgan fingerprint density at radius 3 is 2.65 bits per heavy atom. The van der Waals surface area contributed by atoms with Crippen LogP contribution in [-0.2, 0) is 21.5 Å². The first kappa shape index (κ1) is 27.9. The first-order valence-electron chi connectivity index (χ1n) is 12.8. The molecular formula is C30H29ClFN5O2S. The maximum Gasteiger partial charge on any atom is 0.240 e. The zero-order valence-corrected chi connectivity index (χ0v) is 24.0. The summed E-state index contributed by atoms with van der Waals surface area (Å²) in [6.07, 6.45) is 3.34. The number of benzene rings is 2. The second kappa shape index (κ2) is 11.4. The van der Waals surface area contributed by atoms with E-state index in [-0.39, 0.29) is 36.5 Å². The van der Waals surface area contributed by atoms with Gasteiger partial charge in [0.25, 0.3) is 0 Å². The van der Waals surface area contributed by atoms with Crippen molar-refractivity contribution >= 4 is 41.0 Å². The summed E-state index contributed by atoms with van der Waals surface area (Å²) >= 11 is 8.04. The number of para-hydroxylation sites is 1. The fourth-order valence-electron chi connectivity index (χ4n) is 4.70. The number of hydrogen-bond donors (Lipinski definition) is 1. The van der Waals surface area contributed by atoms with E-state index in [1.165, 1.54) is 28.8 Å². The third-order valence-electron chi connectivity index (χ3n) is 6.55. The van der Waals surface area contributed by atoms with Crippen molar-refractivity contribution in [2.45, 2.75) is 38.0 Å². The lowest BCUT2D eigenvalue weighted by atomic mass is 9.87. The predicted molar refractivity (Wildman–Crippen MR) is 156 cm³/mol. The summed E-state index contributed by atoms with van der Waals surface area (Å²) in [4.78, 5) is 32.5. The van der Waals surface area contributed by atoms with Gasteiger partial charge in [0.1, 0.15) is 18.2 Å². The molecule has 3 heterocycles. The fraction of sp³-hybridized carbons (Fsp3) is 0.267. The van der Waals surface area contributed by atoms with Crippen molar-refractivity contribution in [3.63, 3.8) is 0 Å². The molecule has 206 valence electrons. The summed E-state index contributed by atoms with van der Waals surface area (Å²) in [5, 5.41) is 7.95. The molecule has 2 aromatic carbocycles. The van der Waals surface area contributed by atoms with E-state index in [9.17, 15) is 14.0 Å². The normalized spacial score (nSPS) is 15.5. The zero-order valence-electron chi connectivity index (χ0n) is 22.4. The Hall–Kier alpha value is -3.69. The second-order valence-corrected chi connectivity index (χ2v) is 12.1. The van der Waals surface area contributed by atoms with Gasteiger partial charge in [-0.1, -0.05) is 62.7 Å². The minimum Gasteiger partial charge on any atom is -0.350 e. The van der Waals surface area contributed by atoms with E-state index in [0.717, 1.165) is 16.8 Å². The zero-order chi connectivity index (χ0) is 28.4. The minimum absolute atomic E-state index is 0.0951. The maximum atomic E-state index is 14.4. The Bertz CT molecular complexity index is 1550. The van der Waals surface area contributed by atoms with E-state index >= 15 is 0 Å². The van der Waals surface area contributed by atoms with Gasteiger partial charge >= 0.3 is 0 Å². The van der Waals surface area contributed by atoms with Crippen molar-refractivity contribution < 1.29 is 14.0 Å². The van der Waals surface area contributed by atoms with Crippen LogP contribution in [0.4, 0.5) is 10.2 Å². The summed E-state index contributed by atoms with van der Waals surface area (Å²) in [5.41, 5.74) is 3.19. The number of hydrogen-bond acceptors (Lipinski definition) is 5. The summed E-state index contributed by atoms with van der Waals surface area (Å²) in [6, 6.07) is 17.3. The average molecular weight is 578 g/mol. The van der Waals surface area contributed by atoms with Crippen LogP contribution in [0.15, 0.2) is 73.1 Å². The molecule has 4 aromatic rings. The topological polar surface area (TPSA) is 80.1 Å². The molecule has 10 heteroatoms. The van der Waals surface area contributed by atoms with Crippen molar-refractivity contribution in [3.8, 4) is 5.69 Å². The Morgan fingerprint density at radius 2 is 1.95 bits per heavy atom. The quantitative estimate of drug-likeness (QED) is 0.311. The van der Waals surface area contributed by atoms with Gasteiger partial charge in [-0.25, -0.2) is 9.07 Å². The SMILES string of the molecule is CC(C)(C)c1nn(-c2ccccc2Cl)c2c1[C@H](c1cccc(F)c1)SCC(=O)N2CC(=O)NCc1cccnc1. The molecule has 5 rings (SSSR count). The average Bonchev–Trinajstić information content (AvgIpc) is 3.26. The molecule has 40 heavy (non-hydrogen) atoms. The highest BCUT2D eigenvalue weighted by Gasteiger charge is 2.40. The van der Waals surface area contributed by atoms with E-state index < -0.39 is 10.7 Å². The van der Waals surface area contributed by atoms with Crippen LogP contribution >= 0.6 is 23.4 Å². The molecule has 0 saturated carbocycles. The van der Waals surface area contributed by atoms with Crippen LogP contribution in [-0.4, -0.2) is 38.9 Å². The van der Waals surface area contributed by atoms with E-state index in [2.05, 4.69) is 10.3 Å². The number of aromatic nitrogens is 3. The number of anilines is 1. The number of nitrogens with zero attached hydrogens (tertiary/aromatic N) is 4. The molecular weight excluding hydrogens is 549 g/mol. The molecule has 1 N–H and O–H groups in total. The minimum atomic E-state index is -0.440. The molecule has 1 atom stereocenters. The van der Waals surface area contributed by atoms with Crippen molar-refractivity contribution in [2.75, 3.05) is 17.2 Å². The number of halogens is 2. The highest BCUT2D eigenvalue weighted by Crippen LogP contribution is 2.48. The number of nitrogens with one attached hydrogen (secondary N) is 1. The van der Waals surface area contributed by atoms with E-state index in [4.69, 9.17) is 16.7 Å². The van der Waals surface area contributed by atoms with Crippen molar-refractivity contribution in [1.29, 1.82) is 0 Å². The third-order valence-corrected chi connectivity index (χ3v) is 8.12. The van der Waals surface area contributed by atoms with Crippen LogP contribution in [0.3, 0.4) is 0 Å². The van der Waals surface area contributed by atoms with Gasteiger partial charge in [0, 0.05) is 29.9 Å². The molecule has 2 aromatic heterocycles. The molecule has 0 spiro atoms. The Kier molecular flexibility index (Phi) is 7.96. The van der Waals surface area contributed by atoms with Crippen molar-refractivity contribution in [2.24, 2.45) is 0 Å². The second-order valence-electron chi connectivity index (χ2n) is 10.6. The lowest BCUT2D eigenvalue weighted by Gasteiger charge is -2.24. The molecule has 0 bridgehead atoms. The molecule has 0 fully saturated rings. The van der Waals surface area contributed by atoms with Gasteiger partial charge in [-0.2, -0.15) is 5.10 Å². The Balaban J connectivity index is 1.67. The molecule has 7 nitrogen and oxygen atoms in total. The third kappa shape index (κ3) is 5.76. The monoisotopic (exact) mass is 577 g/mol. The van der Waals surface area contributed by atoms with Gasteiger partial charge < -0.3 is 5.32 Å². The first-order chi connectivity index (χ1) is 19.1.